The molecule has 0 aromatic heterocycles. The van der Waals surface area contributed by atoms with Crippen molar-refractivity contribution >= 4 is 27.5 Å². The lowest BCUT2D eigenvalue weighted by atomic mass is 10.1. The van der Waals surface area contributed by atoms with Gasteiger partial charge in [-0.2, -0.15) is 0 Å². The smallest absolute Gasteiger partial charge is 0.225 e. The fraction of sp³-hybridized carbons (Fsp3) is 0.611. The lowest BCUT2D eigenvalue weighted by Crippen LogP contribution is -2.38. The van der Waals surface area contributed by atoms with Gasteiger partial charge in [-0.3, -0.25) is 14.6 Å². The Bertz CT molecular complexity index is 573. The molecule has 2 heterocycles. The summed E-state index contributed by atoms with van der Waals surface area (Å²) in [6, 6.07) is 6.04. The number of nitrogens with zero attached hydrogens (tertiary/aromatic N) is 2. The molecule has 1 N–H and O–H groups in total. The Balaban J connectivity index is 1.55. The maximum Gasteiger partial charge on any atom is 0.225 e. The van der Waals surface area contributed by atoms with Crippen molar-refractivity contribution in [2.45, 2.75) is 13.0 Å². The quantitative estimate of drug-likeness (QED) is 0.774. The number of hydrogen-bond donors (Lipinski definition) is 1. The van der Waals surface area contributed by atoms with E-state index < -0.39 is 0 Å². The van der Waals surface area contributed by atoms with Gasteiger partial charge in [-0.1, -0.05) is 15.9 Å². The summed E-state index contributed by atoms with van der Waals surface area (Å²) in [6.07, 6.45) is 0.507. The molecule has 2 aliphatic heterocycles. The van der Waals surface area contributed by atoms with Gasteiger partial charge in [0.25, 0.3) is 0 Å². The van der Waals surface area contributed by atoms with Gasteiger partial charge in [0.15, 0.2) is 0 Å². The number of carbonyl (C=O) groups excluding carboxylic acids is 1. The molecule has 2 aliphatic rings. The minimum Gasteiger partial charge on any atom is -0.379 e. The first kappa shape index (κ1) is 18.8. The Morgan fingerprint density at radius 1 is 1.04 bits per heavy atom. The van der Waals surface area contributed by atoms with Crippen LogP contribution in [0.4, 0.5) is 5.69 Å². The zero-order valence-corrected chi connectivity index (χ0v) is 16.1. The number of morpholine rings is 2. The van der Waals surface area contributed by atoms with E-state index in [-0.39, 0.29) is 5.91 Å². The summed E-state index contributed by atoms with van der Waals surface area (Å²) < 4.78 is 11.8. The third kappa shape index (κ3) is 6.04. The van der Waals surface area contributed by atoms with Crippen molar-refractivity contribution in [2.24, 2.45) is 0 Å². The number of benzene rings is 1. The number of nitrogens with one attached hydrogen (secondary N) is 1. The van der Waals surface area contributed by atoms with Gasteiger partial charge >= 0.3 is 0 Å². The highest BCUT2D eigenvalue weighted by molar-refractivity contribution is 9.10. The number of halogens is 1. The molecular formula is C18H26BrN3O3. The molecule has 3 rings (SSSR count). The van der Waals surface area contributed by atoms with Crippen LogP contribution in [0, 0.1) is 0 Å². The summed E-state index contributed by atoms with van der Waals surface area (Å²) in [7, 11) is 0. The van der Waals surface area contributed by atoms with Crippen LogP contribution in [0.15, 0.2) is 22.7 Å². The van der Waals surface area contributed by atoms with Crippen LogP contribution in [0.3, 0.4) is 0 Å². The topological polar surface area (TPSA) is 54.0 Å². The zero-order valence-electron chi connectivity index (χ0n) is 14.5. The van der Waals surface area contributed by atoms with Gasteiger partial charge in [-0.15, -0.1) is 0 Å². The van der Waals surface area contributed by atoms with E-state index in [4.69, 9.17) is 9.47 Å². The summed E-state index contributed by atoms with van der Waals surface area (Å²) in [5, 5.41) is 3.09. The van der Waals surface area contributed by atoms with Crippen molar-refractivity contribution in [3.05, 3.63) is 28.2 Å². The molecule has 0 saturated carbocycles. The second-order valence-electron chi connectivity index (χ2n) is 6.44. The normalized spacial score (nSPS) is 19.7. The van der Waals surface area contributed by atoms with Gasteiger partial charge in [0.2, 0.25) is 5.91 Å². The fourth-order valence-electron chi connectivity index (χ4n) is 3.11. The van der Waals surface area contributed by atoms with E-state index in [1.807, 2.05) is 12.1 Å². The Labute approximate surface area is 157 Å². The summed E-state index contributed by atoms with van der Waals surface area (Å²) in [6.45, 7) is 8.35. The monoisotopic (exact) mass is 411 g/mol. The van der Waals surface area contributed by atoms with Crippen molar-refractivity contribution in [3.63, 3.8) is 0 Å². The third-order valence-corrected chi connectivity index (χ3v) is 5.09. The summed E-state index contributed by atoms with van der Waals surface area (Å²) in [4.78, 5) is 17.0. The van der Waals surface area contributed by atoms with Crippen molar-refractivity contribution in [3.8, 4) is 0 Å². The second-order valence-corrected chi connectivity index (χ2v) is 7.36. The lowest BCUT2D eigenvalue weighted by molar-refractivity contribution is -0.116. The van der Waals surface area contributed by atoms with Crippen LogP contribution < -0.4 is 5.32 Å². The van der Waals surface area contributed by atoms with Crippen LogP contribution in [0.1, 0.15) is 12.0 Å². The number of rotatable bonds is 6. The van der Waals surface area contributed by atoms with Gasteiger partial charge in [-0.25, -0.2) is 0 Å². The molecule has 1 aromatic carbocycles. The predicted octanol–water partition coefficient (Wildman–Crippen LogP) is 1.94. The Morgan fingerprint density at radius 3 is 2.36 bits per heavy atom. The van der Waals surface area contributed by atoms with E-state index in [9.17, 15) is 4.79 Å². The van der Waals surface area contributed by atoms with Crippen LogP contribution in [0.2, 0.25) is 0 Å². The molecule has 0 spiro atoms. The lowest BCUT2D eigenvalue weighted by Gasteiger charge is -2.28. The molecule has 2 fully saturated rings. The third-order valence-electron chi connectivity index (χ3n) is 4.60. The molecular weight excluding hydrogens is 386 g/mol. The molecule has 2 saturated heterocycles. The predicted molar refractivity (Wildman–Crippen MR) is 101 cm³/mol. The SMILES string of the molecule is O=C(CCN1CCOCC1)Nc1ccc(Br)cc1CN1CCOCC1. The maximum atomic E-state index is 12.4. The minimum absolute atomic E-state index is 0.0667. The molecule has 1 amide bonds. The number of ether oxygens (including phenoxy) is 2. The number of carbonyl (C=O) groups is 1. The van der Waals surface area contributed by atoms with Gasteiger partial charge in [0.1, 0.15) is 0 Å². The van der Waals surface area contributed by atoms with Gasteiger partial charge in [-0.05, 0) is 23.8 Å². The van der Waals surface area contributed by atoms with Gasteiger partial charge < -0.3 is 14.8 Å². The molecule has 0 unspecified atom stereocenters. The average Bonchev–Trinajstić information content (AvgIpc) is 2.64. The highest BCUT2D eigenvalue weighted by Crippen LogP contribution is 2.23. The minimum atomic E-state index is 0.0667. The van der Waals surface area contributed by atoms with E-state index in [2.05, 4.69) is 37.1 Å². The van der Waals surface area contributed by atoms with E-state index >= 15 is 0 Å². The second kappa shape index (κ2) is 9.64. The van der Waals surface area contributed by atoms with Crippen molar-refractivity contribution in [1.29, 1.82) is 0 Å². The molecule has 25 heavy (non-hydrogen) atoms. The maximum absolute atomic E-state index is 12.4. The van der Waals surface area contributed by atoms with E-state index in [1.165, 1.54) is 0 Å². The summed E-state index contributed by atoms with van der Waals surface area (Å²) in [5.41, 5.74) is 2.04. The first-order valence-corrected chi connectivity index (χ1v) is 9.68. The van der Waals surface area contributed by atoms with E-state index in [0.29, 0.717) is 6.42 Å². The molecule has 0 radical (unpaired) electrons. The largest absolute Gasteiger partial charge is 0.379 e. The fourth-order valence-corrected chi connectivity index (χ4v) is 3.52. The van der Waals surface area contributed by atoms with Crippen molar-refractivity contribution in [2.75, 3.05) is 64.5 Å². The van der Waals surface area contributed by atoms with E-state index in [0.717, 1.165) is 81.4 Å². The molecule has 6 nitrogen and oxygen atoms in total. The molecule has 1 aromatic rings. The van der Waals surface area contributed by atoms with Crippen LogP contribution in [-0.2, 0) is 20.8 Å². The summed E-state index contributed by atoms with van der Waals surface area (Å²) >= 11 is 3.54. The van der Waals surface area contributed by atoms with Crippen LogP contribution >= 0.6 is 15.9 Å². The van der Waals surface area contributed by atoms with E-state index in [1.54, 1.807) is 0 Å². The Morgan fingerprint density at radius 2 is 1.68 bits per heavy atom. The summed E-state index contributed by atoms with van der Waals surface area (Å²) in [5.74, 6) is 0.0667. The molecule has 0 atom stereocenters. The first-order chi connectivity index (χ1) is 12.2. The van der Waals surface area contributed by atoms with Gasteiger partial charge in [0, 0.05) is 55.8 Å². The van der Waals surface area contributed by atoms with Gasteiger partial charge in [0.05, 0.1) is 26.4 Å². The standard InChI is InChI=1S/C18H26BrN3O3/c19-16-1-2-17(15(13-16)14-22-7-11-25-12-8-22)20-18(23)3-4-21-5-9-24-10-6-21/h1-2,13H,3-12,14H2,(H,20,23). The van der Waals surface area contributed by atoms with Crippen LogP contribution in [0.25, 0.3) is 0 Å². The number of amides is 1. The van der Waals surface area contributed by atoms with Crippen LogP contribution in [-0.4, -0.2) is 74.9 Å². The molecule has 7 heteroatoms. The number of hydrogen-bond acceptors (Lipinski definition) is 5. The Hall–Kier alpha value is -0.990. The Kier molecular flexibility index (Phi) is 7.24. The average molecular weight is 412 g/mol. The molecule has 0 aliphatic carbocycles. The number of anilines is 1. The van der Waals surface area contributed by atoms with Crippen LogP contribution in [0.5, 0.6) is 0 Å². The molecule has 0 bridgehead atoms. The highest BCUT2D eigenvalue weighted by atomic mass is 79.9. The molecule has 138 valence electrons. The zero-order chi connectivity index (χ0) is 17.5. The highest BCUT2D eigenvalue weighted by Gasteiger charge is 2.16. The first-order valence-electron chi connectivity index (χ1n) is 8.89. The van der Waals surface area contributed by atoms with Crippen molar-refractivity contribution in [1.82, 2.24) is 9.80 Å². The van der Waals surface area contributed by atoms with Crippen molar-refractivity contribution < 1.29 is 14.3 Å².